The van der Waals surface area contributed by atoms with Gasteiger partial charge in [-0.25, -0.2) is 4.98 Å². The second kappa shape index (κ2) is 7.61. The molecule has 0 spiro atoms. The molecule has 1 aromatic carbocycles. The van der Waals surface area contributed by atoms with E-state index in [9.17, 15) is 4.79 Å². The third kappa shape index (κ3) is 4.03. The first-order chi connectivity index (χ1) is 12.2. The first kappa shape index (κ1) is 16.7. The van der Waals surface area contributed by atoms with E-state index in [1.165, 1.54) is 16.2 Å². The van der Waals surface area contributed by atoms with Crippen molar-refractivity contribution in [3.05, 3.63) is 70.8 Å². The van der Waals surface area contributed by atoms with Crippen LogP contribution in [-0.2, 0) is 13.5 Å². The molecule has 2 heterocycles. The molecule has 25 heavy (non-hydrogen) atoms. The average molecular weight is 336 g/mol. The minimum atomic E-state index is -0.103. The fourth-order valence-corrected chi connectivity index (χ4v) is 2.48. The molecule has 0 bridgehead atoms. The molecule has 1 N–H and O–H groups in total. The van der Waals surface area contributed by atoms with Crippen LogP contribution in [0.3, 0.4) is 0 Å². The molecule has 0 atom stereocenters. The number of ether oxygens (including phenoxy) is 1. The Morgan fingerprint density at radius 3 is 2.52 bits per heavy atom. The quantitative estimate of drug-likeness (QED) is 0.749. The normalized spacial score (nSPS) is 10.5. The van der Waals surface area contributed by atoms with E-state index in [0.29, 0.717) is 18.2 Å². The Hall–Kier alpha value is -3.15. The van der Waals surface area contributed by atoms with Gasteiger partial charge in [0.05, 0.1) is 12.8 Å². The largest absolute Gasteiger partial charge is 0.497 e. The van der Waals surface area contributed by atoms with Gasteiger partial charge in [0.2, 0.25) is 5.95 Å². The summed E-state index contributed by atoms with van der Waals surface area (Å²) in [6, 6.07) is 13.1. The third-order valence-electron chi connectivity index (χ3n) is 3.97. The van der Waals surface area contributed by atoms with Crippen molar-refractivity contribution in [1.82, 2.24) is 14.5 Å². The maximum absolute atomic E-state index is 12.2. The predicted molar refractivity (Wildman–Crippen MR) is 97.9 cm³/mol. The molecule has 0 saturated heterocycles. The highest BCUT2D eigenvalue weighted by Gasteiger charge is 2.07. The summed E-state index contributed by atoms with van der Waals surface area (Å²) in [5.74, 6) is 1.39. The van der Waals surface area contributed by atoms with Crippen LogP contribution in [0.15, 0.2) is 59.7 Å². The number of anilines is 1. The lowest BCUT2D eigenvalue weighted by atomic mass is 10.1. The summed E-state index contributed by atoms with van der Waals surface area (Å²) in [6.45, 7) is 0.673. The van der Waals surface area contributed by atoms with E-state index in [1.54, 1.807) is 26.6 Å². The molecule has 3 rings (SSSR count). The van der Waals surface area contributed by atoms with Gasteiger partial charge in [-0.15, -0.1) is 0 Å². The molecule has 6 nitrogen and oxygen atoms in total. The van der Waals surface area contributed by atoms with E-state index < -0.39 is 0 Å². The number of hydrogen-bond acceptors (Lipinski definition) is 5. The molecule has 128 valence electrons. The van der Waals surface area contributed by atoms with Gasteiger partial charge in [0.25, 0.3) is 5.56 Å². The van der Waals surface area contributed by atoms with Gasteiger partial charge in [-0.1, -0.05) is 12.1 Å². The Kier molecular flexibility index (Phi) is 5.09. The number of nitrogens with zero attached hydrogens (tertiary/aromatic N) is 3. The fraction of sp³-hybridized carbons (Fsp3) is 0.211. The summed E-state index contributed by atoms with van der Waals surface area (Å²) in [4.78, 5) is 20.8. The summed E-state index contributed by atoms with van der Waals surface area (Å²) < 4.78 is 6.67. The molecule has 2 aromatic heterocycles. The Morgan fingerprint density at radius 1 is 1.12 bits per heavy atom. The smallest absolute Gasteiger partial charge is 0.255 e. The molecule has 0 unspecified atom stereocenters. The summed E-state index contributed by atoms with van der Waals surface area (Å²) >= 11 is 0. The van der Waals surface area contributed by atoms with Gasteiger partial charge < -0.3 is 10.1 Å². The number of hydrogen-bond donors (Lipinski definition) is 1. The number of benzene rings is 1. The molecular weight excluding hydrogens is 316 g/mol. The molecule has 0 saturated carbocycles. The van der Waals surface area contributed by atoms with E-state index in [2.05, 4.69) is 15.3 Å². The van der Waals surface area contributed by atoms with E-state index >= 15 is 0 Å². The summed E-state index contributed by atoms with van der Waals surface area (Å²) in [5.41, 5.74) is 2.58. The van der Waals surface area contributed by atoms with Gasteiger partial charge in [0, 0.05) is 37.6 Å². The van der Waals surface area contributed by atoms with E-state index in [-0.39, 0.29) is 5.56 Å². The maximum Gasteiger partial charge on any atom is 0.255 e. The van der Waals surface area contributed by atoms with Gasteiger partial charge in [0.1, 0.15) is 5.75 Å². The van der Waals surface area contributed by atoms with Crippen LogP contribution in [0, 0.1) is 0 Å². The van der Waals surface area contributed by atoms with Crippen molar-refractivity contribution in [2.75, 3.05) is 19.0 Å². The van der Waals surface area contributed by atoms with E-state index in [4.69, 9.17) is 4.74 Å². The number of nitrogens with one attached hydrogen (secondary N) is 1. The van der Waals surface area contributed by atoms with Crippen molar-refractivity contribution in [3.8, 4) is 17.0 Å². The zero-order valence-electron chi connectivity index (χ0n) is 14.3. The summed E-state index contributed by atoms with van der Waals surface area (Å²) in [5, 5.41) is 3.25. The van der Waals surface area contributed by atoms with Crippen LogP contribution >= 0.6 is 0 Å². The van der Waals surface area contributed by atoms with Gasteiger partial charge in [-0.2, -0.15) is 0 Å². The number of methoxy groups -OCH3 is 1. The zero-order valence-corrected chi connectivity index (χ0v) is 14.3. The minimum Gasteiger partial charge on any atom is -0.497 e. The molecule has 0 aliphatic rings. The maximum atomic E-state index is 12.2. The fourth-order valence-electron chi connectivity index (χ4n) is 2.48. The van der Waals surface area contributed by atoms with Crippen molar-refractivity contribution in [2.45, 2.75) is 6.42 Å². The second-order valence-corrected chi connectivity index (χ2v) is 5.62. The zero-order chi connectivity index (χ0) is 17.6. The lowest BCUT2D eigenvalue weighted by Gasteiger charge is -2.12. The molecular formula is C19H20N4O2. The molecule has 0 aliphatic carbocycles. The highest BCUT2D eigenvalue weighted by molar-refractivity contribution is 5.59. The minimum absolute atomic E-state index is 0.103. The van der Waals surface area contributed by atoms with Crippen molar-refractivity contribution in [3.63, 3.8) is 0 Å². The molecule has 0 aliphatic heterocycles. The third-order valence-corrected chi connectivity index (χ3v) is 3.97. The Balaban J connectivity index is 1.73. The van der Waals surface area contributed by atoms with Crippen LogP contribution in [0.4, 0.5) is 5.95 Å². The van der Waals surface area contributed by atoms with Crippen LogP contribution in [0.2, 0.25) is 0 Å². The van der Waals surface area contributed by atoms with Crippen molar-refractivity contribution < 1.29 is 4.74 Å². The van der Waals surface area contributed by atoms with Gasteiger partial charge in [0.15, 0.2) is 0 Å². The van der Waals surface area contributed by atoms with Gasteiger partial charge in [-0.3, -0.25) is 14.3 Å². The van der Waals surface area contributed by atoms with E-state index in [1.807, 2.05) is 36.4 Å². The van der Waals surface area contributed by atoms with Gasteiger partial charge in [-0.05, 0) is 36.2 Å². The molecule has 0 fully saturated rings. The van der Waals surface area contributed by atoms with Crippen LogP contribution in [0.5, 0.6) is 5.75 Å². The lowest BCUT2D eigenvalue weighted by Crippen LogP contribution is -2.22. The highest BCUT2D eigenvalue weighted by Crippen LogP contribution is 2.16. The van der Waals surface area contributed by atoms with Crippen LogP contribution in [-0.4, -0.2) is 28.2 Å². The number of rotatable bonds is 6. The topological polar surface area (TPSA) is 69.0 Å². The average Bonchev–Trinajstić information content (AvgIpc) is 2.66. The first-order valence-corrected chi connectivity index (χ1v) is 8.02. The molecule has 6 heteroatoms. The highest BCUT2D eigenvalue weighted by atomic mass is 16.5. The molecule has 0 radical (unpaired) electrons. The monoisotopic (exact) mass is 336 g/mol. The number of aromatic nitrogens is 3. The van der Waals surface area contributed by atoms with Crippen molar-refractivity contribution >= 4 is 5.95 Å². The standard InChI is InChI=1S/C19H20N4O2/c1-23-18(24)13-17(15-8-10-20-11-9-15)22-19(23)21-12-7-14-3-5-16(25-2)6-4-14/h3-6,8-11,13H,7,12H2,1-2H3,(H,21,22). The summed E-state index contributed by atoms with van der Waals surface area (Å²) in [7, 11) is 3.36. The SMILES string of the molecule is COc1ccc(CCNc2nc(-c3ccncc3)cc(=O)n2C)cc1. The van der Waals surface area contributed by atoms with E-state index in [0.717, 1.165) is 17.7 Å². The van der Waals surface area contributed by atoms with Crippen molar-refractivity contribution in [2.24, 2.45) is 7.05 Å². The Morgan fingerprint density at radius 2 is 1.84 bits per heavy atom. The van der Waals surface area contributed by atoms with Crippen LogP contribution in [0.1, 0.15) is 5.56 Å². The van der Waals surface area contributed by atoms with Crippen LogP contribution < -0.4 is 15.6 Å². The first-order valence-electron chi connectivity index (χ1n) is 8.02. The predicted octanol–water partition coefficient (Wildman–Crippen LogP) is 2.51. The Labute approximate surface area is 146 Å². The summed E-state index contributed by atoms with van der Waals surface area (Å²) in [6.07, 6.45) is 4.19. The second-order valence-electron chi connectivity index (χ2n) is 5.62. The van der Waals surface area contributed by atoms with Crippen LogP contribution in [0.25, 0.3) is 11.3 Å². The van der Waals surface area contributed by atoms with Crippen molar-refractivity contribution in [1.29, 1.82) is 0 Å². The molecule has 0 amide bonds. The lowest BCUT2D eigenvalue weighted by molar-refractivity contribution is 0.414. The molecule has 3 aromatic rings. The van der Waals surface area contributed by atoms with Gasteiger partial charge >= 0.3 is 0 Å². The Bertz CT molecular complexity index is 890. The number of pyridine rings is 1.